The first-order valence-corrected chi connectivity index (χ1v) is 12.1. The molecule has 3 N–H and O–H groups in total. The zero-order chi connectivity index (χ0) is 23.5. The first-order chi connectivity index (χ1) is 16.6. The van der Waals surface area contributed by atoms with Crippen LogP contribution in [0, 0.1) is 0 Å². The number of rotatable bonds is 5. The Labute approximate surface area is 198 Å². The van der Waals surface area contributed by atoms with Gasteiger partial charge in [0.2, 0.25) is 5.91 Å². The lowest BCUT2D eigenvalue weighted by Gasteiger charge is -2.18. The molecule has 2 heterocycles. The highest BCUT2D eigenvalue weighted by molar-refractivity contribution is 6.10. The van der Waals surface area contributed by atoms with Gasteiger partial charge in [-0.2, -0.15) is 0 Å². The molecule has 8 nitrogen and oxygen atoms in total. The molecule has 0 radical (unpaired) electrons. The normalized spacial score (nSPS) is 18.9. The molecule has 0 bridgehead atoms. The largest absolute Gasteiger partial charge is 0.354 e. The lowest BCUT2D eigenvalue weighted by atomic mass is 10.1. The van der Waals surface area contributed by atoms with Gasteiger partial charge in [-0.25, -0.2) is 4.98 Å². The van der Waals surface area contributed by atoms with Crippen molar-refractivity contribution in [1.82, 2.24) is 20.2 Å². The molecular weight excluding hydrogens is 430 g/mol. The maximum Gasteiger partial charge on any atom is 0.255 e. The van der Waals surface area contributed by atoms with E-state index in [9.17, 15) is 14.4 Å². The first-order valence-electron chi connectivity index (χ1n) is 12.1. The van der Waals surface area contributed by atoms with E-state index in [-0.39, 0.29) is 17.7 Å². The molecule has 0 spiro atoms. The molecule has 0 unspecified atom stereocenters. The Kier molecular flexibility index (Phi) is 6.29. The number of aromatic nitrogens is 2. The Balaban J connectivity index is 1.51. The summed E-state index contributed by atoms with van der Waals surface area (Å²) in [6.45, 7) is 0.630. The van der Waals surface area contributed by atoms with Gasteiger partial charge in [0.25, 0.3) is 11.8 Å². The Morgan fingerprint density at radius 3 is 2.53 bits per heavy atom. The van der Waals surface area contributed by atoms with Crippen molar-refractivity contribution in [2.24, 2.45) is 0 Å². The Hall–Kier alpha value is -3.68. The number of nitrogens with one attached hydrogen (secondary N) is 3. The minimum Gasteiger partial charge on any atom is -0.354 e. The summed E-state index contributed by atoms with van der Waals surface area (Å²) in [5.74, 6) is -0.743. The summed E-state index contributed by atoms with van der Waals surface area (Å²) in [5.41, 5.74) is 2.83. The highest BCUT2D eigenvalue weighted by Crippen LogP contribution is 2.34. The van der Waals surface area contributed by atoms with Gasteiger partial charge < -0.3 is 20.5 Å². The average Bonchev–Trinajstić information content (AvgIpc) is 3.48. The maximum atomic E-state index is 13.5. The van der Waals surface area contributed by atoms with Crippen molar-refractivity contribution in [2.45, 2.75) is 57.0 Å². The molecule has 5 rings (SSSR count). The van der Waals surface area contributed by atoms with Crippen molar-refractivity contribution >= 4 is 34.4 Å². The summed E-state index contributed by atoms with van der Waals surface area (Å²) in [6, 6.07) is 12.2. The number of amides is 3. The quantitative estimate of drug-likeness (QED) is 0.540. The summed E-state index contributed by atoms with van der Waals surface area (Å²) in [6.07, 6.45) is 8.56. The van der Waals surface area contributed by atoms with Crippen LogP contribution in [0.3, 0.4) is 0 Å². The fraction of sp³-hybridized carbons (Fsp3) is 0.385. The molecule has 1 aliphatic heterocycles. The van der Waals surface area contributed by atoms with Crippen LogP contribution in [0.1, 0.15) is 71.7 Å². The van der Waals surface area contributed by atoms with Gasteiger partial charge in [-0.3, -0.25) is 14.4 Å². The second-order valence-corrected chi connectivity index (χ2v) is 9.11. The maximum absolute atomic E-state index is 13.5. The van der Waals surface area contributed by atoms with Crippen LogP contribution in [-0.2, 0) is 4.79 Å². The number of anilines is 1. The van der Waals surface area contributed by atoms with Crippen molar-refractivity contribution in [3.8, 4) is 0 Å². The second-order valence-electron chi connectivity index (χ2n) is 9.11. The van der Waals surface area contributed by atoms with Crippen LogP contribution in [0.15, 0.2) is 48.8 Å². The highest BCUT2D eigenvalue weighted by atomic mass is 16.2. The van der Waals surface area contributed by atoms with Gasteiger partial charge >= 0.3 is 0 Å². The highest BCUT2D eigenvalue weighted by Gasteiger charge is 2.27. The molecule has 176 valence electrons. The van der Waals surface area contributed by atoms with Gasteiger partial charge in [-0.15, -0.1) is 0 Å². The van der Waals surface area contributed by atoms with E-state index in [4.69, 9.17) is 0 Å². The van der Waals surface area contributed by atoms with Crippen LogP contribution in [0.25, 0.3) is 11.0 Å². The van der Waals surface area contributed by atoms with Crippen LogP contribution < -0.4 is 16.0 Å². The molecule has 3 amide bonds. The van der Waals surface area contributed by atoms with E-state index in [2.05, 4.69) is 25.5 Å². The molecule has 1 atom stereocenters. The Bertz CT molecular complexity index is 1210. The predicted octanol–water partition coefficient (Wildman–Crippen LogP) is 3.80. The molecule has 2 fully saturated rings. The van der Waals surface area contributed by atoms with E-state index in [1.54, 1.807) is 42.7 Å². The van der Waals surface area contributed by atoms with Crippen molar-refractivity contribution in [2.75, 3.05) is 11.9 Å². The summed E-state index contributed by atoms with van der Waals surface area (Å²) in [5, 5.41) is 8.70. The van der Waals surface area contributed by atoms with Gasteiger partial charge in [0.15, 0.2) is 0 Å². The fourth-order valence-corrected chi connectivity index (χ4v) is 4.98. The summed E-state index contributed by atoms with van der Waals surface area (Å²) < 4.78 is 2.09. The van der Waals surface area contributed by atoms with E-state index in [1.165, 1.54) is 0 Å². The predicted molar refractivity (Wildman–Crippen MR) is 130 cm³/mol. The molecule has 1 saturated heterocycles. The summed E-state index contributed by atoms with van der Waals surface area (Å²) >= 11 is 0. The Morgan fingerprint density at radius 2 is 1.74 bits per heavy atom. The number of fused-ring (bicyclic) bond motifs is 1. The third kappa shape index (κ3) is 4.53. The van der Waals surface area contributed by atoms with Crippen LogP contribution in [0.2, 0.25) is 0 Å². The molecule has 2 aromatic carbocycles. The van der Waals surface area contributed by atoms with Gasteiger partial charge in [0.1, 0.15) is 6.04 Å². The van der Waals surface area contributed by atoms with Gasteiger partial charge in [-0.05, 0) is 56.4 Å². The lowest BCUT2D eigenvalue weighted by Crippen LogP contribution is -2.45. The van der Waals surface area contributed by atoms with Crippen molar-refractivity contribution in [3.05, 3.63) is 59.9 Å². The molecule has 1 aromatic heterocycles. The Morgan fingerprint density at radius 1 is 0.971 bits per heavy atom. The molecule has 2 aliphatic rings. The van der Waals surface area contributed by atoms with E-state index < -0.39 is 6.04 Å². The number of hydrogen-bond donors (Lipinski definition) is 3. The number of nitrogens with zero attached hydrogens (tertiary/aromatic N) is 2. The molecule has 1 saturated carbocycles. The van der Waals surface area contributed by atoms with Crippen molar-refractivity contribution < 1.29 is 14.4 Å². The number of carbonyl (C=O) groups is 3. The minimum atomic E-state index is -0.574. The smallest absolute Gasteiger partial charge is 0.255 e. The number of imidazole rings is 1. The van der Waals surface area contributed by atoms with Crippen molar-refractivity contribution in [1.29, 1.82) is 0 Å². The van der Waals surface area contributed by atoms with Crippen LogP contribution in [0.4, 0.5) is 5.69 Å². The summed E-state index contributed by atoms with van der Waals surface area (Å²) in [7, 11) is 0. The van der Waals surface area contributed by atoms with Crippen LogP contribution >= 0.6 is 0 Å². The van der Waals surface area contributed by atoms with E-state index >= 15 is 0 Å². The van der Waals surface area contributed by atoms with Crippen LogP contribution in [-0.4, -0.2) is 39.9 Å². The number of hydrogen-bond acceptors (Lipinski definition) is 4. The van der Waals surface area contributed by atoms with E-state index in [0.29, 0.717) is 41.3 Å². The number of benzene rings is 2. The van der Waals surface area contributed by atoms with Crippen molar-refractivity contribution in [3.63, 3.8) is 0 Å². The molecule has 8 heteroatoms. The van der Waals surface area contributed by atoms with Crippen LogP contribution in [0.5, 0.6) is 0 Å². The zero-order valence-corrected chi connectivity index (χ0v) is 19.0. The first kappa shape index (κ1) is 22.1. The second kappa shape index (κ2) is 9.67. The molecule has 1 aliphatic carbocycles. The standard InChI is InChI=1S/C26H29N5O3/c32-24(17-8-2-1-3-9-17)29-18-14-20(25(33)30-21-12-6-7-13-27-26(21)34)23-22(15-18)28-16-31(23)19-10-4-5-11-19/h1-3,8-9,14-16,19,21H,4-7,10-13H2,(H,27,34)(H,29,32)(H,30,33)/t21-/m0/s1. The molecular formula is C26H29N5O3. The van der Waals surface area contributed by atoms with Gasteiger partial charge in [-0.1, -0.05) is 31.0 Å². The monoisotopic (exact) mass is 459 g/mol. The minimum absolute atomic E-state index is 0.153. The average molecular weight is 460 g/mol. The molecule has 34 heavy (non-hydrogen) atoms. The third-order valence-corrected chi connectivity index (χ3v) is 6.77. The SMILES string of the molecule is O=C(Nc1cc(C(=O)N[C@H]2CCCCNC2=O)c2c(c1)ncn2C1CCCC1)c1ccccc1. The lowest BCUT2D eigenvalue weighted by molar-refractivity contribution is -0.122. The molecule has 3 aromatic rings. The number of carbonyl (C=O) groups excluding carboxylic acids is 3. The third-order valence-electron chi connectivity index (χ3n) is 6.77. The van der Waals surface area contributed by atoms with Gasteiger partial charge in [0, 0.05) is 23.8 Å². The fourth-order valence-electron chi connectivity index (χ4n) is 4.98. The topological polar surface area (TPSA) is 105 Å². The van der Waals surface area contributed by atoms with E-state index in [1.807, 2.05) is 6.07 Å². The zero-order valence-electron chi connectivity index (χ0n) is 19.0. The summed E-state index contributed by atoms with van der Waals surface area (Å²) in [4.78, 5) is 43.3. The van der Waals surface area contributed by atoms with Gasteiger partial charge in [0.05, 0.1) is 22.9 Å². The van der Waals surface area contributed by atoms with E-state index in [0.717, 1.165) is 44.0 Å².